The number of hydrogen-bond acceptors (Lipinski definition) is 6. The van der Waals surface area contributed by atoms with Crippen molar-refractivity contribution in [3.8, 4) is 28.5 Å². The standard InChI is InChI=1S/C28H24F5N3O5/c1-39-17-7-20-19(22(8-17)40-2)9-21(35-20)26(37)34-13-27(38,28(31,32)33)23-10-18-15(11-29)12-41-25(18)24(36-23)14-3-5-16(30)6-4-14/h3-10,15,35,38H,11-13H2,1-2H3,(H,34,37)/t15-,27+/m1/s1. The quantitative estimate of drug-likeness (QED) is 0.254. The maximum absolute atomic E-state index is 14.5. The van der Waals surface area contributed by atoms with Gasteiger partial charge in [-0.15, -0.1) is 0 Å². The third-order valence-electron chi connectivity index (χ3n) is 6.95. The minimum atomic E-state index is -5.32. The number of carbonyl (C=O) groups is 1. The van der Waals surface area contributed by atoms with Gasteiger partial charge in [0.25, 0.3) is 5.91 Å². The van der Waals surface area contributed by atoms with Crippen LogP contribution in [0.4, 0.5) is 22.0 Å². The molecule has 2 aromatic heterocycles. The maximum Gasteiger partial charge on any atom is 0.424 e. The Hall–Kier alpha value is -4.39. The van der Waals surface area contributed by atoms with Gasteiger partial charge in [-0.1, -0.05) is 0 Å². The number of aromatic nitrogens is 2. The third-order valence-corrected chi connectivity index (χ3v) is 6.95. The summed E-state index contributed by atoms with van der Waals surface area (Å²) >= 11 is 0. The highest BCUT2D eigenvalue weighted by Crippen LogP contribution is 2.46. The van der Waals surface area contributed by atoms with Crippen molar-refractivity contribution in [1.82, 2.24) is 15.3 Å². The molecule has 1 aliphatic rings. The zero-order valence-corrected chi connectivity index (χ0v) is 21.7. The van der Waals surface area contributed by atoms with Crippen LogP contribution in [0.15, 0.2) is 48.5 Å². The van der Waals surface area contributed by atoms with E-state index >= 15 is 0 Å². The highest BCUT2D eigenvalue weighted by atomic mass is 19.4. The van der Waals surface area contributed by atoms with E-state index in [0.29, 0.717) is 22.4 Å². The second-order valence-corrected chi connectivity index (χ2v) is 9.46. The predicted molar refractivity (Wildman–Crippen MR) is 138 cm³/mol. The lowest BCUT2D eigenvalue weighted by Crippen LogP contribution is -2.51. The average molecular weight is 578 g/mol. The lowest BCUT2D eigenvalue weighted by atomic mass is 9.92. The van der Waals surface area contributed by atoms with Crippen molar-refractivity contribution in [3.63, 3.8) is 0 Å². The topological polar surface area (TPSA) is 106 Å². The molecule has 13 heteroatoms. The fourth-order valence-electron chi connectivity index (χ4n) is 4.65. The first kappa shape index (κ1) is 28.1. The minimum absolute atomic E-state index is 0.0408. The van der Waals surface area contributed by atoms with Crippen molar-refractivity contribution in [2.75, 3.05) is 34.0 Å². The van der Waals surface area contributed by atoms with Gasteiger partial charge in [-0.05, 0) is 36.4 Å². The van der Waals surface area contributed by atoms with E-state index in [0.717, 1.165) is 18.2 Å². The summed E-state index contributed by atoms with van der Waals surface area (Å²) in [7, 11) is 2.85. The smallest absolute Gasteiger partial charge is 0.424 e. The van der Waals surface area contributed by atoms with Crippen LogP contribution in [-0.4, -0.2) is 61.2 Å². The second kappa shape index (κ2) is 10.5. The van der Waals surface area contributed by atoms with Gasteiger partial charge in [0.15, 0.2) is 0 Å². The van der Waals surface area contributed by atoms with Gasteiger partial charge in [-0.25, -0.2) is 9.37 Å². The summed E-state index contributed by atoms with van der Waals surface area (Å²) in [6.45, 7) is -2.41. The fraction of sp³-hybridized carbons (Fsp3) is 0.286. The van der Waals surface area contributed by atoms with Crippen molar-refractivity contribution in [2.45, 2.75) is 17.7 Å². The largest absolute Gasteiger partial charge is 0.497 e. The summed E-state index contributed by atoms with van der Waals surface area (Å²) in [5.41, 5.74) is -4.09. The van der Waals surface area contributed by atoms with Gasteiger partial charge in [-0.3, -0.25) is 9.18 Å². The molecule has 0 spiro atoms. The molecule has 0 fully saturated rings. The second-order valence-electron chi connectivity index (χ2n) is 9.46. The van der Waals surface area contributed by atoms with Gasteiger partial charge < -0.3 is 29.6 Å². The number of nitrogens with zero attached hydrogens (tertiary/aromatic N) is 1. The molecule has 1 aliphatic heterocycles. The van der Waals surface area contributed by atoms with Gasteiger partial charge >= 0.3 is 6.18 Å². The molecule has 2 atom stereocenters. The Kier molecular flexibility index (Phi) is 7.24. The number of carbonyl (C=O) groups excluding carboxylic acids is 1. The number of pyridine rings is 1. The number of ether oxygens (including phenoxy) is 3. The molecule has 5 rings (SSSR count). The number of H-pyrrole nitrogens is 1. The zero-order chi connectivity index (χ0) is 29.5. The molecule has 41 heavy (non-hydrogen) atoms. The molecule has 4 aromatic rings. The van der Waals surface area contributed by atoms with Crippen LogP contribution < -0.4 is 19.5 Å². The number of amides is 1. The molecular weight excluding hydrogens is 553 g/mol. The molecule has 1 amide bonds. The van der Waals surface area contributed by atoms with Gasteiger partial charge in [0, 0.05) is 28.6 Å². The van der Waals surface area contributed by atoms with E-state index in [1.54, 1.807) is 12.1 Å². The Morgan fingerprint density at radius 3 is 2.51 bits per heavy atom. The first-order chi connectivity index (χ1) is 19.5. The van der Waals surface area contributed by atoms with Gasteiger partial charge in [-0.2, -0.15) is 13.2 Å². The van der Waals surface area contributed by atoms with E-state index < -0.39 is 48.3 Å². The van der Waals surface area contributed by atoms with Crippen LogP contribution in [0, 0.1) is 5.82 Å². The Morgan fingerprint density at radius 2 is 1.88 bits per heavy atom. The molecule has 216 valence electrons. The van der Waals surface area contributed by atoms with Gasteiger partial charge in [0.05, 0.1) is 51.2 Å². The summed E-state index contributed by atoms with van der Waals surface area (Å²) in [5.74, 6) is -1.62. The first-order valence-corrected chi connectivity index (χ1v) is 12.3. The van der Waals surface area contributed by atoms with E-state index in [9.17, 15) is 31.9 Å². The van der Waals surface area contributed by atoms with Crippen LogP contribution in [0.2, 0.25) is 0 Å². The third kappa shape index (κ3) is 5.01. The Bertz CT molecular complexity index is 1610. The normalized spacial score (nSPS) is 16.1. The van der Waals surface area contributed by atoms with Crippen LogP contribution in [-0.2, 0) is 5.60 Å². The molecule has 0 unspecified atom stereocenters. The number of aliphatic hydroxyl groups is 1. The SMILES string of the molecule is COc1cc(OC)c2cc(C(=O)NC[C@](O)(c3cc4c(c(-c5ccc(F)cc5)n3)OC[C@H]4CF)C(F)(F)F)[nH]c2c1. The van der Waals surface area contributed by atoms with Crippen molar-refractivity contribution in [3.05, 3.63) is 71.3 Å². The zero-order valence-electron chi connectivity index (χ0n) is 21.7. The number of benzene rings is 2. The molecule has 0 saturated heterocycles. The average Bonchev–Trinajstić information content (AvgIpc) is 3.58. The number of rotatable bonds is 8. The van der Waals surface area contributed by atoms with E-state index in [1.807, 2.05) is 0 Å². The van der Waals surface area contributed by atoms with Crippen molar-refractivity contribution in [2.24, 2.45) is 0 Å². The fourth-order valence-corrected chi connectivity index (χ4v) is 4.65. The number of fused-ring (bicyclic) bond motifs is 2. The van der Waals surface area contributed by atoms with Crippen molar-refractivity contribution in [1.29, 1.82) is 0 Å². The molecular formula is C28H24F5N3O5. The molecule has 0 saturated carbocycles. The molecule has 3 N–H and O–H groups in total. The predicted octanol–water partition coefficient (Wildman–Crippen LogP) is 5.01. The Balaban J connectivity index is 1.52. The molecule has 3 heterocycles. The molecule has 2 aromatic carbocycles. The van der Waals surface area contributed by atoms with Crippen LogP contribution in [0.1, 0.15) is 27.7 Å². The summed E-state index contributed by atoms with van der Waals surface area (Å²) < 4.78 is 86.7. The summed E-state index contributed by atoms with van der Waals surface area (Å²) in [5, 5.41) is 13.7. The molecule has 0 radical (unpaired) electrons. The van der Waals surface area contributed by atoms with Crippen molar-refractivity contribution >= 4 is 16.8 Å². The lowest BCUT2D eigenvalue weighted by molar-refractivity contribution is -0.265. The van der Waals surface area contributed by atoms with Crippen LogP contribution in [0.25, 0.3) is 22.2 Å². The summed E-state index contributed by atoms with van der Waals surface area (Å²) in [6.07, 6.45) is -5.32. The molecule has 0 bridgehead atoms. The summed E-state index contributed by atoms with van der Waals surface area (Å²) in [4.78, 5) is 19.8. The van der Waals surface area contributed by atoms with E-state index in [1.165, 1.54) is 32.4 Å². The first-order valence-electron chi connectivity index (χ1n) is 12.3. The van der Waals surface area contributed by atoms with E-state index in [-0.39, 0.29) is 34.9 Å². The Morgan fingerprint density at radius 1 is 1.15 bits per heavy atom. The molecule has 0 aliphatic carbocycles. The van der Waals surface area contributed by atoms with Gasteiger partial charge in [0.1, 0.15) is 34.5 Å². The van der Waals surface area contributed by atoms with Crippen LogP contribution in [0.5, 0.6) is 17.2 Å². The minimum Gasteiger partial charge on any atom is -0.497 e. The van der Waals surface area contributed by atoms with Gasteiger partial charge in [0.2, 0.25) is 5.60 Å². The van der Waals surface area contributed by atoms with E-state index in [4.69, 9.17) is 14.2 Å². The van der Waals surface area contributed by atoms with Crippen molar-refractivity contribution < 1.29 is 46.1 Å². The number of aromatic amines is 1. The number of halogens is 5. The monoisotopic (exact) mass is 577 g/mol. The number of hydrogen-bond donors (Lipinski definition) is 3. The van der Waals surface area contributed by atoms with Crippen LogP contribution in [0.3, 0.4) is 0 Å². The number of nitrogens with one attached hydrogen (secondary N) is 2. The van der Waals surface area contributed by atoms with E-state index in [2.05, 4.69) is 15.3 Å². The highest BCUT2D eigenvalue weighted by Gasteiger charge is 2.57. The van der Waals surface area contributed by atoms with Crippen LogP contribution >= 0.6 is 0 Å². The molecule has 8 nitrogen and oxygen atoms in total. The number of alkyl halides is 4. The lowest BCUT2D eigenvalue weighted by Gasteiger charge is -2.31. The number of methoxy groups -OCH3 is 2. The summed E-state index contributed by atoms with van der Waals surface area (Å²) in [6, 6.07) is 10.2. The highest BCUT2D eigenvalue weighted by molar-refractivity contribution is 6.00. The maximum atomic E-state index is 14.5. The Labute approximate surface area is 230 Å².